The minimum atomic E-state index is -0.0406. The van der Waals surface area contributed by atoms with Crippen molar-refractivity contribution in [1.29, 1.82) is 0 Å². The summed E-state index contributed by atoms with van der Waals surface area (Å²) >= 11 is 0. The van der Waals surface area contributed by atoms with Crippen molar-refractivity contribution in [2.45, 2.75) is 53.0 Å². The van der Waals surface area contributed by atoms with Crippen LogP contribution in [0.1, 0.15) is 57.8 Å². The number of carbonyl (C=O) groups is 2. The highest BCUT2D eigenvalue weighted by atomic mass is 16.5. The average molecular weight is 377 g/mol. The molecule has 2 aliphatic heterocycles. The largest absolute Gasteiger partial charge is 0.355 e. The van der Waals surface area contributed by atoms with Gasteiger partial charge in [0.25, 0.3) is 0 Å². The van der Waals surface area contributed by atoms with Gasteiger partial charge in [-0.3, -0.25) is 14.5 Å². The number of carbonyl (C=O) groups excluding carboxylic acids is 2. The fraction of sp³-hybridized carbons (Fsp3) is 0.789. The summed E-state index contributed by atoms with van der Waals surface area (Å²) in [5.41, 5.74) is 0.0906. The van der Waals surface area contributed by atoms with Crippen LogP contribution in [0, 0.1) is 18.3 Å². The zero-order valence-corrected chi connectivity index (χ0v) is 16.8. The van der Waals surface area contributed by atoms with Crippen LogP contribution in [0.2, 0.25) is 0 Å². The van der Waals surface area contributed by atoms with Crippen LogP contribution in [-0.4, -0.2) is 64.5 Å². The zero-order chi connectivity index (χ0) is 19.6. The number of nitrogens with zero attached hydrogens (tertiary/aromatic N) is 4. The molecule has 0 aromatic carbocycles. The number of piperidine rings is 1. The van der Waals surface area contributed by atoms with E-state index in [-0.39, 0.29) is 29.2 Å². The molecule has 2 amide bonds. The van der Waals surface area contributed by atoms with E-state index in [4.69, 9.17) is 4.52 Å². The predicted octanol–water partition coefficient (Wildman–Crippen LogP) is 1.53. The SMILES string of the molecule is CCNC(=O)CN1CC2(CCN(C(=O)C(C)C)CC2)CC1c1nc(C)no1. The molecule has 0 saturated carbocycles. The Kier molecular flexibility index (Phi) is 5.83. The molecule has 1 spiro atoms. The van der Waals surface area contributed by atoms with Crippen LogP contribution in [0.4, 0.5) is 0 Å². The van der Waals surface area contributed by atoms with Crippen molar-refractivity contribution in [3.8, 4) is 0 Å². The molecule has 2 saturated heterocycles. The molecule has 150 valence electrons. The first kappa shape index (κ1) is 19.8. The van der Waals surface area contributed by atoms with Gasteiger partial charge in [-0.05, 0) is 38.5 Å². The quantitative estimate of drug-likeness (QED) is 0.837. The third kappa shape index (κ3) is 4.31. The van der Waals surface area contributed by atoms with Crippen molar-refractivity contribution in [3.05, 3.63) is 11.7 Å². The molecule has 3 rings (SSSR count). The van der Waals surface area contributed by atoms with Gasteiger partial charge < -0.3 is 14.7 Å². The lowest BCUT2D eigenvalue weighted by Crippen LogP contribution is -2.46. The van der Waals surface area contributed by atoms with E-state index >= 15 is 0 Å². The molecule has 3 heterocycles. The van der Waals surface area contributed by atoms with Crippen LogP contribution in [0.5, 0.6) is 0 Å². The summed E-state index contributed by atoms with van der Waals surface area (Å²) in [5.74, 6) is 1.48. The van der Waals surface area contributed by atoms with Gasteiger partial charge in [-0.2, -0.15) is 4.98 Å². The second kappa shape index (κ2) is 7.96. The molecule has 1 aromatic heterocycles. The van der Waals surface area contributed by atoms with E-state index in [1.807, 2.05) is 32.6 Å². The van der Waals surface area contributed by atoms with Gasteiger partial charge in [-0.1, -0.05) is 19.0 Å². The molecule has 0 radical (unpaired) electrons. The number of hydrogen-bond donors (Lipinski definition) is 1. The lowest BCUT2D eigenvalue weighted by atomic mass is 9.76. The van der Waals surface area contributed by atoms with Crippen molar-refractivity contribution >= 4 is 11.8 Å². The maximum Gasteiger partial charge on any atom is 0.244 e. The van der Waals surface area contributed by atoms with Crippen LogP contribution in [0.15, 0.2) is 4.52 Å². The van der Waals surface area contributed by atoms with Gasteiger partial charge in [0.05, 0.1) is 12.6 Å². The third-order valence-corrected chi connectivity index (χ3v) is 5.78. The number of likely N-dealkylation sites (N-methyl/N-ethyl adjacent to an activating group) is 1. The monoisotopic (exact) mass is 377 g/mol. The molecule has 1 unspecified atom stereocenters. The number of likely N-dealkylation sites (tertiary alicyclic amines) is 2. The Morgan fingerprint density at radius 2 is 2.04 bits per heavy atom. The minimum Gasteiger partial charge on any atom is -0.355 e. The average Bonchev–Trinajstić information content (AvgIpc) is 3.19. The molecule has 1 N–H and O–H groups in total. The van der Waals surface area contributed by atoms with E-state index in [0.717, 1.165) is 38.9 Å². The van der Waals surface area contributed by atoms with Gasteiger partial charge in [-0.15, -0.1) is 0 Å². The first-order valence-corrected chi connectivity index (χ1v) is 9.93. The summed E-state index contributed by atoms with van der Waals surface area (Å²) in [6, 6.07) is -0.0406. The van der Waals surface area contributed by atoms with Gasteiger partial charge in [0.1, 0.15) is 0 Å². The van der Waals surface area contributed by atoms with Gasteiger partial charge in [0, 0.05) is 32.1 Å². The fourth-order valence-electron chi connectivity index (χ4n) is 4.37. The van der Waals surface area contributed by atoms with E-state index in [0.29, 0.717) is 24.8 Å². The highest BCUT2D eigenvalue weighted by molar-refractivity contribution is 5.78. The maximum absolute atomic E-state index is 12.3. The molecular weight excluding hydrogens is 346 g/mol. The second-order valence-corrected chi connectivity index (χ2v) is 8.24. The summed E-state index contributed by atoms with van der Waals surface area (Å²) in [6.07, 6.45) is 2.78. The number of aryl methyl sites for hydroxylation is 1. The third-order valence-electron chi connectivity index (χ3n) is 5.78. The van der Waals surface area contributed by atoms with E-state index in [1.165, 1.54) is 0 Å². The highest BCUT2D eigenvalue weighted by Crippen LogP contribution is 2.48. The van der Waals surface area contributed by atoms with Crippen LogP contribution in [0.3, 0.4) is 0 Å². The topological polar surface area (TPSA) is 91.6 Å². The number of nitrogens with one attached hydrogen (secondary N) is 1. The normalized spacial score (nSPS) is 22.6. The molecule has 8 nitrogen and oxygen atoms in total. The molecule has 2 fully saturated rings. The summed E-state index contributed by atoms with van der Waals surface area (Å²) < 4.78 is 5.45. The molecule has 2 aliphatic rings. The van der Waals surface area contributed by atoms with Crippen molar-refractivity contribution < 1.29 is 14.1 Å². The molecular formula is C19H31N5O3. The van der Waals surface area contributed by atoms with Crippen LogP contribution < -0.4 is 5.32 Å². The smallest absolute Gasteiger partial charge is 0.244 e. The van der Waals surface area contributed by atoms with Gasteiger partial charge in [0.2, 0.25) is 17.7 Å². The Labute approximate surface area is 160 Å². The molecule has 27 heavy (non-hydrogen) atoms. The summed E-state index contributed by atoms with van der Waals surface area (Å²) in [7, 11) is 0. The zero-order valence-electron chi connectivity index (χ0n) is 16.8. The van der Waals surface area contributed by atoms with Gasteiger partial charge in [-0.25, -0.2) is 0 Å². The number of rotatable bonds is 5. The van der Waals surface area contributed by atoms with Crippen LogP contribution in [-0.2, 0) is 9.59 Å². The lowest BCUT2D eigenvalue weighted by molar-refractivity contribution is -0.136. The Balaban J connectivity index is 1.73. The van der Waals surface area contributed by atoms with Crippen LogP contribution in [0.25, 0.3) is 0 Å². The number of hydrogen-bond acceptors (Lipinski definition) is 6. The minimum absolute atomic E-state index is 0.0169. The van der Waals surface area contributed by atoms with E-state index < -0.39 is 0 Å². The molecule has 0 bridgehead atoms. The summed E-state index contributed by atoms with van der Waals surface area (Å²) in [4.78, 5) is 33.1. The maximum atomic E-state index is 12.3. The van der Waals surface area contributed by atoms with E-state index in [2.05, 4.69) is 20.4 Å². The van der Waals surface area contributed by atoms with E-state index in [1.54, 1.807) is 0 Å². The first-order valence-electron chi connectivity index (χ1n) is 9.93. The molecule has 1 aromatic rings. The Morgan fingerprint density at radius 1 is 1.33 bits per heavy atom. The Hall–Kier alpha value is -1.96. The summed E-state index contributed by atoms with van der Waals surface area (Å²) in [5, 5.41) is 6.81. The lowest BCUT2D eigenvalue weighted by Gasteiger charge is -2.40. The molecule has 0 aliphatic carbocycles. The van der Waals surface area contributed by atoms with Crippen LogP contribution >= 0.6 is 0 Å². The Bertz CT molecular complexity index is 679. The molecule has 8 heteroatoms. The van der Waals surface area contributed by atoms with Crippen molar-refractivity contribution in [3.63, 3.8) is 0 Å². The van der Waals surface area contributed by atoms with Crippen molar-refractivity contribution in [2.75, 3.05) is 32.7 Å². The predicted molar refractivity (Wildman–Crippen MR) is 99.7 cm³/mol. The first-order chi connectivity index (χ1) is 12.8. The summed E-state index contributed by atoms with van der Waals surface area (Å²) in [6.45, 7) is 11.0. The Morgan fingerprint density at radius 3 is 2.59 bits per heavy atom. The van der Waals surface area contributed by atoms with Crippen molar-refractivity contribution in [2.24, 2.45) is 11.3 Å². The number of aromatic nitrogens is 2. The van der Waals surface area contributed by atoms with Crippen molar-refractivity contribution in [1.82, 2.24) is 25.3 Å². The van der Waals surface area contributed by atoms with Gasteiger partial charge in [0.15, 0.2) is 5.82 Å². The van der Waals surface area contributed by atoms with Gasteiger partial charge >= 0.3 is 0 Å². The fourth-order valence-corrected chi connectivity index (χ4v) is 4.37. The highest BCUT2D eigenvalue weighted by Gasteiger charge is 2.48. The number of amides is 2. The molecule has 1 atom stereocenters. The standard InChI is InChI=1S/C19H31N5O3/c1-5-20-16(25)11-24-12-19(10-15(24)17-21-14(4)22-27-17)6-8-23(9-7-19)18(26)13(2)3/h13,15H,5-12H2,1-4H3,(H,20,25). The van der Waals surface area contributed by atoms with E-state index in [9.17, 15) is 9.59 Å². The second-order valence-electron chi connectivity index (χ2n) is 8.24.